The Hall–Kier alpha value is -1.56. The zero-order valence-corrected chi connectivity index (χ0v) is 21.3. The highest BCUT2D eigenvalue weighted by atomic mass is 16.6. The second kappa shape index (κ2) is 11.2. The Kier molecular flexibility index (Phi) is 8.05. The van der Waals surface area contributed by atoms with E-state index < -0.39 is 6.29 Å². The lowest BCUT2D eigenvalue weighted by molar-refractivity contribution is -0.163. The van der Waals surface area contributed by atoms with E-state index >= 15 is 0 Å². The van der Waals surface area contributed by atoms with Crippen LogP contribution in [0.2, 0.25) is 0 Å². The Morgan fingerprint density at radius 3 is 2.66 bits per heavy atom. The molecule has 7 atom stereocenters. The maximum atomic E-state index is 10.8. The molecule has 1 aromatic carbocycles. The second-order valence-electron chi connectivity index (χ2n) is 11.6. The first-order valence-electron chi connectivity index (χ1n) is 14.2. The van der Waals surface area contributed by atoms with Gasteiger partial charge in [-0.1, -0.05) is 38.3 Å². The molecule has 35 heavy (non-hydrogen) atoms. The summed E-state index contributed by atoms with van der Waals surface area (Å²) in [5, 5.41) is 31.6. The molecule has 1 aromatic rings. The maximum absolute atomic E-state index is 10.8. The lowest BCUT2D eigenvalue weighted by atomic mass is 9.74. The first kappa shape index (κ1) is 25.1. The van der Waals surface area contributed by atoms with Crippen molar-refractivity contribution in [1.29, 1.82) is 0 Å². The van der Waals surface area contributed by atoms with Crippen LogP contribution in [0.5, 0.6) is 5.75 Å². The summed E-state index contributed by atoms with van der Waals surface area (Å²) in [4.78, 5) is 0. The van der Waals surface area contributed by atoms with Crippen molar-refractivity contribution < 1.29 is 24.8 Å². The summed E-state index contributed by atoms with van der Waals surface area (Å²) in [5.74, 6) is 3.53. The van der Waals surface area contributed by atoms with E-state index in [4.69, 9.17) is 9.47 Å². The molecule has 194 valence electrons. The largest absolute Gasteiger partial charge is 0.512 e. The van der Waals surface area contributed by atoms with Crippen LogP contribution in [-0.2, 0) is 17.6 Å². The van der Waals surface area contributed by atoms with Crippen LogP contribution in [0.4, 0.5) is 0 Å². The first-order chi connectivity index (χ1) is 17.0. The summed E-state index contributed by atoms with van der Waals surface area (Å²) in [6.07, 6.45) is 12.2. The van der Waals surface area contributed by atoms with Crippen LogP contribution in [0.3, 0.4) is 0 Å². The first-order valence-corrected chi connectivity index (χ1v) is 14.2. The van der Waals surface area contributed by atoms with Crippen LogP contribution in [0.25, 0.3) is 0 Å². The van der Waals surface area contributed by atoms with Crippen molar-refractivity contribution in [2.75, 3.05) is 6.61 Å². The molecule has 0 amide bonds. The molecular formula is C30H44O5. The number of unbranched alkanes of at least 4 members (excludes halogenated alkanes) is 2. The van der Waals surface area contributed by atoms with Crippen LogP contribution in [0, 0.1) is 23.7 Å². The fourth-order valence-corrected chi connectivity index (χ4v) is 7.37. The van der Waals surface area contributed by atoms with Crippen molar-refractivity contribution in [3.8, 4) is 5.75 Å². The van der Waals surface area contributed by atoms with Crippen molar-refractivity contribution in [2.45, 2.75) is 109 Å². The van der Waals surface area contributed by atoms with Gasteiger partial charge in [-0.25, -0.2) is 0 Å². The average molecular weight is 485 g/mol. The van der Waals surface area contributed by atoms with Gasteiger partial charge in [0.25, 0.3) is 0 Å². The van der Waals surface area contributed by atoms with E-state index in [0.29, 0.717) is 23.5 Å². The van der Waals surface area contributed by atoms with Crippen molar-refractivity contribution in [2.24, 2.45) is 23.7 Å². The highest BCUT2D eigenvalue weighted by Gasteiger charge is 2.41. The van der Waals surface area contributed by atoms with Gasteiger partial charge in [0, 0.05) is 6.42 Å². The van der Waals surface area contributed by atoms with E-state index in [1.54, 1.807) is 0 Å². The van der Waals surface area contributed by atoms with Gasteiger partial charge in [0.15, 0.2) is 6.29 Å². The SMILES string of the molecule is CCCCC[C@H](O)CCC1=C(O)C[C@@H]2Cc3c(cccc3OCC(O)OC3CC4CCC3C4)C[C@H]12. The van der Waals surface area contributed by atoms with Crippen LogP contribution < -0.4 is 4.74 Å². The Morgan fingerprint density at radius 1 is 1.00 bits per heavy atom. The zero-order valence-electron chi connectivity index (χ0n) is 21.3. The smallest absolute Gasteiger partial charge is 0.189 e. The molecule has 5 nitrogen and oxygen atoms in total. The van der Waals surface area contributed by atoms with Crippen molar-refractivity contribution >= 4 is 0 Å². The molecule has 5 heteroatoms. The van der Waals surface area contributed by atoms with Gasteiger partial charge in [-0.15, -0.1) is 0 Å². The molecule has 0 saturated heterocycles. The van der Waals surface area contributed by atoms with Crippen LogP contribution in [-0.4, -0.2) is 40.4 Å². The Bertz CT molecular complexity index is 895. The molecule has 2 bridgehead atoms. The molecule has 0 aliphatic heterocycles. The third kappa shape index (κ3) is 5.73. The van der Waals surface area contributed by atoms with Crippen LogP contribution in [0.15, 0.2) is 29.5 Å². The summed E-state index contributed by atoms with van der Waals surface area (Å²) in [7, 11) is 0. The Morgan fingerprint density at radius 2 is 1.89 bits per heavy atom. The number of hydrogen-bond donors (Lipinski definition) is 3. The summed E-state index contributed by atoms with van der Waals surface area (Å²) < 4.78 is 12.1. The number of fused-ring (bicyclic) bond motifs is 4. The van der Waals surface area contributed by atoms with E-state index in [2.05, 4.69) is 13.0 Å². The van der Waals surface area contributed by atoms with E-state index in [9.17, 15) is 15.3 Å². The van der Waals surface area contributed by atoms with Crippen LogP contribution >= 0.6 is 0 Å². The van der Waals surface area contributed by atoms with Gasteiger partial charge in [0.1, 0.15) is 12.4 Å². The fourth-order valence-electron chi connectivity index (χ4n) is 7.37. The van der Waals surface area contributed by atoms with Gasteiger partial charge in [0.2, 0.25) is 0 Å². The Labute approximate surface area is 210 Å². The molecule has 0 heterocycles. The molecule has 4 unspecified atom stereocenters. The maximum Gasteiger partial charge on any atom is 0.189 e. The van der Waals surface area contributed by atoms with Gasteiger partial charge in [-0.05, 0) is 104 Å². The highest BCUT2D eigenvalue weighted by molar-refractivity contribution is 5.44. The van der Waals surface area contributed by atoms with E-state index in [-0.39, 0.29) is 18.8 Å². The predicted octanol–water partition coefficient (Wildman–Crippen LogP) is 5.86. The molecule has 0 spiro atoms. The number of allylic oxidation sites excluding steroid dienone is 2. The number of aliphatic hydroxyl groups excluding tert-OH is 3. The molecule has 5 rings (SSSR count). The van der Waals surface area contributed by atoms with Gasteiger partial charge < -0.3 is 24.8 Å². The van der Waals surface area contributed by atoms with Crippen molar-refractivity contribution in [3.05, 3.63) is 40.7 Å². The third-order valence-electron chi connectivity index (χ3n) is 9.25. The summed E-state index contributed by atoms with van der Waals surface area (Å²) in [6.45, 7) is 2.34. The predicted molar refractivity (Wildman–Crippen MR) is 136 cm³/mol. The topological polar surface area (TPSA) is 79.2 Å². The quantitative estimate of drug-likeness (QED) is 0.256. The van der Waals surface area contributed by atoms with Gasteiger partial charge >= 0.3 is 0 Å². The molecule has 2 fully saturated rings. The summed E-state index contributed by atoms with van der Waals surface area (Å²) in [6, 6.07) is 6.21. The van der Waals surface area contributed by atoms with Crippen molar-refractivity contribution in [1.82, 2.24) is 0 Å². The minimum Gasteiger partial charge on any atom is -0.512 e. The van der Waals surface area contributed by atoms with Crippen LogP contribution in [0.1, 0.15) is 88.7 Å². The molecule has 0 aromatic heterocycles. The normalized spacial score (nSPS) is 30.9. The molecule has 4 aliphatic rings. The zero-order chi connectivity index (χ0) is 24.4. The standard InChI is InChI=1S/C30H44O5/c1-2-3-4-7-23(31)11-12-24-25-15-20-6-5-8-28(26(20)16-22(25)17-27(24)32)34-18-30(33)35-29-14-19-9-10-21(29)13-19/h5-6,8,19,21-23,25,29-33H,2-4,7,9-18H2,1H3/t19?,21?,22-,23-,25-,29?,30?/m0/s1. The molecular weight excluding hydrogens is 440 g/mol. The lowest BCUT2D eigenvalue weighted by Gasteiger charge is -2.31. The summed E-state index contributed by atoms with van der Waals surface area (Å²) >= 11 is 0. The highest BCUT2D eigenvalue weighted by Crippen LogP contribution is 2.48. The third-order valence-corrected chi connectivity index (χ3v) is 9.25. The molecule has 2 saturated carbocycles. The van der Waals surface area contributed by atoms with Crippen molar-refractivity contribution in [3.63, 3.8) is 0 Å². The average Bonchev–Trinajstić information content (AvgIpc) is 3.54. The van der Waals surface area contributed by atoms with Gasteiger partial charge in [-0.3, -0.25) is 0 Å². The lowest BCUT2D eigenvalue weighted by Crippen LogP contribution is -2.31. The fraction of sp³-hybridized carbons (Fsp3) is 0.733. The Balaban J connectivity index is 1.15. The minimum absolute atomic E-state index is 0.156. The number of benzene rings is 1. The van der Waals surface area contributed by atoms with E-state index in [0.717, 1.165) is 68.6 Å². The van der Waals surface area contributed by atoms with E-state index in [1.807, 2.05) is 12.1 Å². The van der Waals surface area contributed by atoms with Gasteiger partial charge in [-0.2, -0.15) is 0 Å². The minimum atomic E-state index is -0.890. The molecule has 4 aliphatic carbocycles. The molecule has 0 radical (unpaired) electrons. The second-order valence-corrected chi connectivity index (χ2v) is 11.6. The summed E-state index contributed by atoms with van der Waals surface area (Å²) in [5.41, 5.74) is 3.66. The number of hydrogen-bond acceptors (Lipinski definition) is 5. The molecule has 3 N–H and O–H groups in total. The number of ether oxygens (including phenoxy) is 2. The number of aliphatic hydroxyl groups is 3. The monoisotopic (exact) mass is 484 g/mol. The van der Waals surface area contributed by atoms with Gasteiger partial charge in [0.05, 0.1) is 18.0 Å². The number of rotatable bonds is 12. The van der Waals surface area contributed by atoms with E-state index in [1.165, 1.54) is 43.2 Å².